The van der Waals surface area contributed by atoms with E-state index in [0.717, 1.165) is 42.1 Å². The van der Waals surface area contributed by atoms with Crippen LogP contribution in [0.3, 0.4) is 0 Å². The largest absolute Gasteiger partial charge is 0.325 e. The Kier molecular flexibility index (Phi) is 3.59. The number of hydrogen-bond acceptors (Lipinski definition) is 1. The van der Waals surface area contributed by atoms with Crippen molar-refractivity contribution in [3.63, 3.8) is 0 Å². The predicted octanol–water partition coefficient (Wildman–Crippen LogP) is 5.63. The summed E-state index contributed by atoms with van der Waals surface area (Å²) in [4.78, 5) is 12.9. The quantitative estimate of drug-likeness (QED) is 0.678. The molecule has 0 heterocycles. The van der Waals surface area contributed by atoms with Crippen LogP contribution in [0, 0.1) is 29.6 Å². The Morgan fingerprint density at radius 2 is 1.56 bits per heavy atom. The summed E-state index contributed by atoms with van der Waals surface area (Å²) in [7, 11) is 0. The first-order valence-electron chi connectivity index (χ1n) is 9.24. The highest BCUT2D eigenvalue weighted by Crippen LogP contribution is 2.67. The molecule has 2 nitrogen and oxygen atoms in total. The molecule has 5 atom stereocenters. The van der Waals surface area contributed by atoms with Gasteiger partial charge in [-0.05, 0) is 60.8 Å². The van der Waals surface area contributed by atoms with Gasteiger partial charge in [0.1, 0.15) is 4.33 Å². The Morgan fingerprint density at radius 3 is 2.28 bits per heavy atom. The van der Waals surface area contributed by atoms with Crippen LogP contribution in [0.4, 0.5) is 5.69 Å². The molecule has 1 unspecified atom stereocenters. The van der Waals surface area contributed by atoms with Crippen LogP contribution in [0.2, 0.25) is 0 Å². The molecule has 0 aromatic heterocycles. The summed E-state index contributed by atoms with van der Waals surface area (Å²) in [5.41, 5.74) is 0.922. The Balaban J connectivity index is 1.30. The van der Waals surface area contributed by atoms with Gasteiger partial charge in [-0.15, -0.1) is 23.2 Å². The number of benzene rings is 2. The smallest absolute Gasteiger partial charge is 0.228 e. The third-order valence-corrected chi connectivity index (χ3v) is 7.79. The minimum atomic E-state index is -0.489. The second-order valence-corrected chi connectivity index (χ2v) is 9.36. The van der Waals surface area contributed by atoms with E-state index >= 15 is 0 Å². The summed E-state index contributed by atoms with van der Waals surface area (Å²) in [5.74, 6) is 2.26. The summed E-state index contributed by atoms with van der Waals surface area (Å²) in [6.07, 6.45) is 4.30. The molecule has 5 rings (SSSR count). The molecule has 3 saturated carbocycles. The molecule has 0 saturated heterocycles. The zero-order chi connectivity index (χ0) is 17.2. The number of carbonyl (C=O) groups is 1. The van der Waals surface area contributed by atoms with Gasteiger partial charge in [-0.2, -0.15) is 0 Å². The van der Waals surface area contributed by atoms with E-state index in [1.54, 1.807) is 0 Å². The fraction of sp³-hybridized carbons (Fsp3) is 0.476. The summed E-state index contributed by atoms with van der Waals surface area (Å²) in [6, 6.07) is 14.3. The zero-order valence-electron chi connectivity index (χ0n) is 13.9. The SMILES string of the molecule is O=C(Nc1cccc2ccccc12)C1[C@H]2CC[C@@H]3[C@H](CC[C@@H]12)C3(Cl)Cl. The lowest BCUT2D eigenvalue weighted by Gasteiger charge is -2.09. The van der Waals surface area contributed by atoms with Crippen LogP contribution in [-0.2, 0) is 4.79 Å². The molecule has 3 fully saturated rings. The van der Waals surface area contributed by atoms with E-state index in [1.165, 1.54) is 0 Å². The van der Waals surface area contributed by atoms with Gasteiger partial charge in [-0.25, -0.2) is 0 Å². The maximum absolute atomic E-state index is 12.9. The lowest BCUT2D eigenvalue weighted by atomic mass is 10.0. The average Bonchev–Trinajstić information content (AvgIpc) is 3.40. The van der Waals surface area contributed by atoms with Crippen LogP contribution in [0.25, 0.3) is 10.8 Å². The van der Waals surface area contributed by atoms with E-state index in [0.29, 0.717) is 23.7 Å². The Morgan fingerprint density at radius 1 is 0.920 bits per heavy atom. The standard InChI is InChI=1S/C21H21Cl2NO/c22-21(23)16-10-8-14-15(9-11-17(16)21)19(14)20(25)24-18-7-3-5-12-4-1-2-6-13(12)18/h1-7,14-17,19H,8-11H2,(H,24,25)/t14-,15+,16+,17-,19?. The normalized spacial score (nSPS) is 35.0. The third kappa shape index (κ3) is 2.57. The lowest BCUT2D eigenvalue weighted by molar-refractivity contribution is -0.117. The van der Waals surface area contributed by atoms with Crippen LogP contribution in [0.15, 0.2) is 42.5 Å². The van der Waals surface area contributed by atoms with Gasteiger partial charge in [0.2, 0.25) is 5.91 Å². The number of carbonyl (C=O) groups excluding carboxylic acids is 1. The lowest BCUT2D eigenvalue weighted by Crippen LogP contribution is -2.16. The molecule has 4 heteroatoms. The number of rotatable bonds is 2. The maximum Gasteiger partial charge on any atom is 0.228 e. The Bertz CT molecular complexity index is 821. The summed E-state index contributed by atoms with van der Waals surface area (Å²) >= 11 is 12.7. The van der Waals surface area contributed by atoms with E-state index in [2.05, 4.69) is 23.5 Å². The number of alkyl halides is 2. The minimum absolute atomic E-state index is 0.163. The number of halogens is 2. The first-order chi connectivity index (χ1) is 12.1. The van der Waals surface area contributed by atoms with Crippen LogP contribution < -0.4 is 5.32 Å². The first kappa shape index (κ1) is 16.0. The highest BCUT2D eigenvalue weighted by Gasteiger charge is 2.65. The van der Waals surface area contributed by atoms with Gasteiger partial charge >= 0.3 is 0 Å². The van der Waals surface area contributed by atoms with Crippen molar-refractivity contribution in [2.24, 2.45) is 29.6 Å². The fourth-order valence-corrected chi connectivity index (χ4v) is 6.08. The van der Waals surface area contributed by atoms with Crippen molar-refractivity contribution in [2.75, 3.05) is 5.32 Å². The van der Waals surface area contributed by atoms with Gasteiger partial charge in [-0.3, -0.25) is 4.79 Å². The van der Waals surface area contributed by atoms with Crippen molar-refractivity contribution in [2.45, 2.75) is 30.0 Å². The maximum atomic E-state index is 12.9. The van der Waals surface area contributed by atoms with Crippen LogP contribution in [0.1, 0.15) is 25.7 Å². The number of anilines is 1. The second-order valence-electron chi connectivity index (χ2n) is 7.91. The molecule has 0 aliphatic heterocycles. The summed E-state index contributed by atoms with van der Waals surface area (Å²) in [5, 5.41) is 5.45. The van der Waals surface area contributed by atoms with E-state index < -0.39 is 4.33 Å². The van der Waals surface area contributed by atoms with E-state index in [9.17, 15) is 4.79 Å². The van der Waals surface area contributed by atoms with Crippen molar-refractivity contribution in [1.82, 2.24) is 0 Å². The summed E-state index contributed by atoms with van der Waals surface area (Å²) in [6.45, 7) is 0. The molecule has 0 bridgehead atoms. The molecule has 1 N–H and O–H groups in total. The molecule has 3 aliphatic carbocycles. The zero-order valence-corrected chi connectivity index (χ0v) is 15.4. The molecule has 2 aromatic rings. The van der Waals surface area contributed by atoms with E-state index in [1.807, 2.05) is 24.3 Å². The van der Waals surface area contributed by atoms with Crippen LogP contribution in [0.5, 0.6) is 0 Å². The van der Waals surface area contributed by atoms with Gasteiger partial charge in [0.15, 0.2) is 0 Å². The van der Waals surface area contributed by atoms with Crippen molar-refractivity contribution in [3.05, 3.63) is 42.5 Å². The van der Waals surface area contributed by atoms with Crippen LogP contribution in [-0.4, -0.2) is 10.2 Å². The molecule has 0 radical (unpaired) electrons. The number of amides is 1. The topological polar surface area (TPSA) is 29.1 Å². The highest BCUT2D eigenvalue weighted by atomic mass is 35.5. The predicted molar refractivity (Wildman–Crippen MR) is 103 cm³/mol. The average molecular weight is 374 g/mol. The van der Waals surface area contributed by atoms with Crippen molar-refractivity contribution in [3.8, 4) is 0 Å². The third-order valence-electron chi connectivity index (χ3n) is 6.67. The van der Waals surface area contributed by atoms with Crippen molar-refractivity contribution in [1.29, 1.82) is 0 Å². The Hall–Kier alpha value is -1.25. The van der Waals surface area contributed by atoms with Gasteiger partial charge in [0, 0.05) is 17.0 Å². The molecule has 3 aliphatic rings. The Labute approximate surface area is 157 Å². The monoisotopic (exact) mass is 373 g/mol. The number of fused-ring (bicyclic) bond motifs is 3. The van der Waals surface area contributed by atoms with Gasteiger partial charge in [0.25, 0.3) is 0 Å². The highest BCUT2D eigenvalue weighted by molar-refractivity contribution is 6.51. The van der Waals surface area contributed by atoms with Gasteiger partial charge in [-0.1, -0.05) is 36.4 Å². The second kappa shape index (κ2) is 5.62. The summed E-state index contributed by atoms with van der Waals surface area (Å²) < 4.78 is -0.489. The van der Waals surface area contributed by atoms with Crippen LogP contribution >= 0.6 is 23.2 Å². The van der Waals surface area contributed by atoms with Crippen molar-refractivity contribution < 1.29 is 4.79 Å². The van der Waals surface area contributed by atoms with E-state index in [4.69, 9.17) is 23.2 Å². The number of nitrogens with one attached hydrogen (secondary N) is 1. The minimum Gasteiger partial charge on any atom is -0.325 e. The number of hydrogen-bond donors (Lipinski definition) is 1. The molecule has 2 aromatic carbocycles. The van der Waals surface area contributed by atoms with E-state index in [-0.39, 0.29) is 11.8 Å². The van der Waals surface area contributed by atoms with Gasteiger partial charge < -0.3 is 5.32 Å². The molecular formula is C21H21Cl2NO. The molecule has 130 valence electrons. The van der Waals surface area contributed by atoms with Crippen molar-refractivity contribution >= 4 is 45.6 Å². The van der Waals surface area contributed by atoms with Gasteiger partial charge in [0.05, 0.1) is 0 Å². The molecule has 1 amide bonds. The molecule has 25 heavy (non-hydrogen) atoms. The molecular weight excluding hydrogens is 353 g/mol. The first-order valence-corrected chi connectivity index (χ1v) is 9.99. The fourth-order valence-electron chi connectivity index (χ4n) is 5.16. The molecule has 0 spiro atoms.